The highest BCUT2D eigenvalue weighted by Gasteiger charge is 2.14. The topological polar surface area (TPSA) is 64.4 Å². The summed E-state index contributed by atoms with van der Waals surface area (Å²) in [4.78, 5) is 11.6. The fourth-order valence-corrected chi connectivity index (χ4v) is 2.08. The first-order valence-electron chi connectivity index (χ1n) is 6.23. The van der Waals surface area contributed by atoms with E-state index in [1.165, 1.54) is 6.42 Å². The Hall–Kier alpha value is -1.07. The SMILES string of the molecule is O=C(CCc1cc(Cl)no1)NCC1CCCCO1. The molecule has 0 saturated carbocycles. The van der Waals surface area contributed by atoms with Gasteiger partial charge in [0.15, 0.2) is 5.15 Å². The Morgan fingerprint density at radius 1 is 1.56 bits per heavy atom. The minimum atomic E-state index is -0.00306. The molecule has 0 aliphatic carbocycles. The summed E-state index contributed by atoms with van der Waals surface area (Å²) in [6, 6.07) is 1.62. The fourth-order valence-electron chi connectivity index (χ4n) is 1.93. The lowest BCUT2D eigenvalue weighted by molar-refractivity contribution is -0.122. The number of amides is 1. The van der Waals surface area contributed by atoms with Crippen LogP contribution in [0.25, 0.3) is 0 Å². The molecule has 0 spiro atoms. The van der Waals surface area contributed by atoms with Gasteiger partial charge in [-0.3, -0.25) is 4.79 Å². The van der Waals surface area contributed by atoms with E-state index in [4.69, 9.17) is 20.9 Å². The predicted molar refractivity (Wildman–Crippen MR) is 66.4 cm³/mol. The number of carbonyl (C=O) groups excluding carboxylic acids is 1. The quantitative estimate of drug-likeness (QED) is 0.890. The molecule has 1 aromatic heterocycles. The number of halogens is 1. The van der Waals surface area contributed by atoms with E-state index in [9.17, 15) is 4.79 Å². The van der Waals surface area contributed by atoms with Gasteiger partial charge in [-0.2, -0.15) is 0 Å². The van der Waals surface area contributed by atoms with Gasteiger partial charge in [0.25, 0.3) is 0 Å². The maximum atomic E-state index is 11.6. The van der Waals surface area contributed by atoms with Gasteiger partial charge < -0.3 is 14.6 Å². The lowest BCUT2D eigenvalue weighted by Gasteiger charge is -2.22. The third kappa shape index (κ3) is 4.31. The van der Waals surface area contributed by atoms with Crippen LogP contribution in [0.5, 0.6) is 0 Å². The van der Waals surface area contributed by atoms with E-state index in [0.29, 0.717) is 30.3 Å². The van der Waals surface area contributed by atoms with Crippen molar-refractivity contribution in [2.45, 2.75) is 38.2 Å². The van der Waals surface area contributed by atoms with Gasteiger partial charge in [-0.15, -0.1) is 0 Å². The molecule has 0 radical (unpaired) electrons. The fraction of sp³-hybridized carbons (Fsp3) is 0.667. The summed E-state index contributed by atoms with van der Waals surface area (Å²) < 4.78 is 10.5. The summed E-state index contributed by atoms with van der Waals surface area (Å²) in [5.41, 5.74) is 0. The number of nitrogens with zero attached hydrogens (tertiary/aromatic N) is 1. The number of aryl methyl sites for hydroxylation is 1. The second kappa shape index (κ2) is 6.75. The van der Waals surface area contributed by atoms with Crippen LogP contribution in [-0.4, -0.2) is 30.3 Å². The van der Waals surface area contributed by atoms with Crippen LogP contribution in [0.1, 0.15) is 31.4 Å². The number of hydrogen-bond donors (Lipinski definition) is 1. The molecule has 1 fully saturated rings. The molecule has 0 aromatic carbocycles. The van der Waals surface area contributed by atoms with Gasteiger partial charge in [0, 0.05) is 32.1 Å². The van der Waals surface area contributed by atoms with E-state index >= 15 is 0 Å². The van der Waals surface area contributed by atoms with Crippen molar-refractivity contribution in [3.05, 3.63) is 17.0 Å². The van der Waals surface area contributed by atoms with Crippen molar-refractivity contribution in [3.63, 3.8) is 0 Å². The maximum Gasteiger partial charge on any atom is 0.220 e. The molecule has 2 heterocycles. The van der Waals surface area contributed by atoms with Gasteiger partial charge in [-0.1, -0.05) is 16.8 Å². The van der Waals surface area contributed by atoms with E-state index in [1.54, 1.807) is 6.07 Å². The molecule has 2 rings (SSSR count). The van der Waals surface area contributed by atoms with E-state index < -0.39 is 0 Å². The zero-order valence-electron chi connectivity index (χ0n) is 10.2. The normalized spacial score (nSPS) is 19.7. The molecule has 1 atom stereocenters. The van der Waals surface area contributed by atoms with Crippen LogP contribution in [0.3, 0.4) is 0 Å². The third-order valence-corrected chi connectivity index (χ3v) is 3.11. The van der Waals surface area contributed by atoms with Gasteiger partial charge in [0.2, 0.25) is 5.91 Å². The van der Waals surface area contributed by atoms with Crippen LogP contribution in [-0.2, 0) is 16.0 Å². The molecule has 6 heteroatoms. The summed E-state index contributed by atoms with van der Waals surface area (Å²) in [5.74, 6) is 0.626. The average Bonchev–Trinajstić information content (AvgIpc) is 2.81. The maximum absolute atomic E-state index is 11.6. The van der Waals surface area contributed by atoms with Crippen LogP contribution in [0.2, 0.25) is 5.15 Å². The van der Waals surface area contributed by atoms with Gasteiger partial charge in [0.1, 0.15) is 5.76 Å². The Morgan fingerprint density at radius 3 is 3.11 bits per heavy atom. The van der Waals surface area contributed by atoms with Crippen molar-refractivity contribution in [3.8, 4) is 0 Å². The average molecular weight is 273 g/mol. The summed E-state index contributed by atoms with van der Waals surface area (Å²) in [5, 5.41) is 6.74. The minimum Gasteiger partial charge on any atom is -0.376 e. The first-order chi connectivity index (χ1) is 8.74. The number of hydrogen-bond acceptors (Lipinski definition) is 4. The first-order valence-corrected chi connectivity index (χ1v) is 6.61. The van der Waals surface area contributed by atoms with Crippen molar-refractivity contribution >= 4 is 17.5 Å². The predicted octanol–water partition coefficient (Wildman–Crippen LogP) is 1.95. The molecule has 1 aliphatic heterocycles. The zero-order valence-corrected chi connectivity index (χ0v) is 10.9. The van der Waals surface area contributed by atoms with Crippen LogP contribution in [0, 0.1) is 0 Å². The van der Waals surface area contributed by atoms with Crippen LogP contribution < -0.4 is 5.32 Å². The largest absolute Gasteiger partial charge is 0.376 e. The molecule has 100 valence electrons. The molecule has 1 amide bonds. The van der Waals surface area contributed by atoms with Gasteiger partial charge in [-0.25, -0.2) is 0 Å². The second-order valence-corrected chi connectivity index (χ2v) is 4.80. The highest BCUT2D eigenvalue weighted by molar-refractivity contribution is 6.29. The molecular weight excluding hydrogens is 256 g/mol. The lowest BCUT2D eigenvalue weighted by atomic mass is 10.1. The Labute approximate surface area is 111 Å². The summed E-state index contributed by atoms with van der Waals surface area (Å²) >= 11 is 5.62. The molecule has 1 aliphatic rings. The summed E-state index contributed by atoms with van der Waals surface area (Å²) in [6.07, 6.45) is 4.38. The highest BCUT2D eigenvalue weighted by Crippen LogP contribution is 2.12. The molecular formula is C12H17ClN2O3. The summed E-state index contributed by atoms with van der Waals surface area (Å²) in [7, 11) is 0. The Kier molecular flexibility index (Phi) is 5.01. The van der Waals surface area contributed by atoms with E-state index in [-0.39, 0.29) is 12.0 Å². The Morgan fingerprint density at radius 2 is 2.44 bits per heavy atom. The van der Waals surface area contributed by atoms with Gasteiger partial charge >= 0.3 is 0 Å². The Bertz CT molecular complexity index is 388. The minimum absolute atomic E-state index is 0.00306. The molecule has 1 saturated heterocycles. The van der Waals surface area contributed by atoms with Crippen molar-refractivity contribution in [1.82, 2.24) is 10.5 Å². The first kappa shape index (κ1) is 13.4. The molecule has 5 nitrogen and oxygen atoms in total. The van der Waals surface area contributed by atoms with Crippen molar-refractivity contribution in [1.29, 1.82) is 0 Å². The Balaban J connectivity index is 1.62. The molecule has 1 unspecified atom stereocenters. The molecule has 0 bridgehead atoms. The van der Waals surface area contributed by atoms with Gasteiger partial charge in [-0.05, 0) is 19.3 Å². The number of carbonyl (C=O) groups is 1. The lowest BCUT2D eigenvalue weighted by Crippen LogP contribution is -2.35. The summed E-state index contributed by atoms with van der Waals surface area (Å²) in [6.45, 7) is 1.40. The van der Waals surface area contributed by atoms with E-state index in [2.05, 4.69) is 10.5 Å². The second-order valence-electron chi connectivity index (χ2n) is 4.41. The standard InChI is InChI=1S/C12H17ClN2O3/c13-11-7-9(18-15-11)4-5-12(16)14-8-10-3-1-2-6-17-10/h7,10H,1-6,8H2,(H,14,16). The molecule has 18 heavy (non-hydrogen) atoms. The zero-order chi connectivity index (χ0) is 12.8. The van der Waals surface area contributed by atoms with Crippen LogP contribution in [0.4, 0.5) is 0 Å². The smallest absolute Gasteiger partial charge is 0.220 e. The van der Waals surface area contributed by atoms with E-state index in [0.717, 1.165) is 19.4 Å². The van der Waals surface area contributed by atoms with Crippen LogP contribution >= 0.6 is 11.6 Å². The monoisotopic (exact) mass is 272 g/mol. The number of ether oxygens (including phenoxy) is 1. The molecule has 1 N–H and O–H groups in total. The molecule has 1 aromatic rings. The van der Waals surface area contributed by atoms with Crippen molar-refractivity contribution in [2.75, 3.05) is 13.2 Å². The van der Waals surface area contributed by atoms with Crippen LogP contribution in [0.15, 0.2) is 10.6 Å². The highest BCUT2D eigenvalue weighted by atomic mass is 35.5. The van der Waals surface area contributed by atoms with Crippen molar-refractivity contribution < 1.29 is 14.1 Å². The number of aromatic nitrogens is 1. The van der Waals surface area contributed by atoms with Crippen molar-refractivity contribution in [2.24, 2.45) is 0 Å². The number of rotatable bonds is 5. The number of nitrogens with one attached hydrogen (secondary N) is 1. The third-order valence-electron chi connectivity index (χ3n) is 2.93. The van der Waals surface area contributed by atoms with Gasteiger partial charge in [0.05, 0.1) is 6.10 Å². The van der Waals surface area contributed by atoms with E-state index in [1.807, 2.05) is 0 Å².